The first-order valence-corrected chi connectivity index (χ1v) is 12.9. The van der Waals surface area contributed by atoms with Gasteiger partial charge in [-0.05, 0) is 84.7 Å². The van der Waals surface area contributed by atoms with Crippen molar-refractivity contribution in [2.24, 2.45) is 0 Å². The summed E-state index contributed by atoms with van der Waals surface area (Å²) in [4.78, 5) is 28.7. The Morgan fingerprint density at radius 3 is 2.28 bits per heavy atom. The van der Waals surface area contributed by atoms with Crippen LogP contribution in [0.2, 0.25) is 0 Å². The molecule has 7 nitrogen and oxygen atoms in total. The van der Waals surface area contributed by atoms with E-state index < -0.39 is 5.97 Å². The minimum atomic E-state index is -0.529. The normalized spacial score (nSPS) is 14.2. The molecule has 9 heteroatoms. The van der Waals surface area contributed by atoms with Gasteiger partial charge in [-0.15, -0.1) is 0 Å². The molecule has 0 aliphatic carbocycles. The maximum absolute atomic E-state index is 13.6. The highest BCUT2D eigenvalue weighted by atomic mass is 32.1. The summed E-state index contributed by atoms with van der Waals surface area (Å²) < 4.78 is 29.8. The first-order valence-electron chi connectivity index (χ1n) is 12.5. The van der Waals surface area contributed by atoms with E-state index in [4.69, 9.17) is 26.4 Å². The molecular formula is C30H29FN2O5S. The summed E-state index contributed by atoms with van der Waals surface area (Å²) in [6.07, 6.45) is 2.52. The SMILES string of the molecule is CCOc1cc(/C=C2/C(=O)N(c3ccc(CC)cc3)C(=S)N2CC(=O)OC)ccc1OCc1ccc(F)cc1. The molecule has 1 aliphatic heterocycles. The summed E-state index contributed by atoms with van der Waals surface area (Å²) in [5.74, 6) is -0.222. The molecule has 39 heavy (non-hydrogen) atoms. The molecule has 1 aliphatic rings. The van der Waals surface area contributed by atoms with Crippen molar-refractivity contribution in [3.63, 3.8) is 0 Å². The molecule has 4 rings (SSSR count). The van der Waals surface area contributed by atoms with E-state index in [9.17, 15) is 14.0 Å². The summed E-state index contributed by atoms with van der Waals surface area (Å²) in [7, 11) is 1.28. The van der Waals surface area contributed by atoms with E-state index in [1.165, 1.54) is 29.0 Å². The molecule has 0 aromatic heterocycles. The van der Waals surface area contributed by atoms with E-state index in [1.54, 1.807) is 36.4 Å². The number of aryl methyl sites for hydroxylation is 1. The number of nitrogens with zero attached hydrogens (tertiary/aromatic N) is 2. The average molecular weight is 549 g/mol. The van der Waals surface area contributed by atoms with Crippen molar-refractivity contribution >= 4 is 41.0 Å². The fourth-order valence-corrected chi connectivity index (χ4v) is 4.39. The van der Waals surface area contributed by atoms with Crippen molar-refractivity contribution in [1.82, 2.24) is 4.90 Å². The van der Waals surface area contributed by atoms with E-state index in [1.807, 2.05) is 31.2 Å². The van der Waals surface area contributed by atoms with Gasteiger partial charge >= 0.3 is 5.97 Å². The van der Waals surface area contributed by atoms with E-state index in [-0.39, 0.29) is 35.7 Å². The molecule has 1 saturated heterocycles. The van der Waals surface area contributed by atoms with E-state index in [2.05, 4.69) is 6.92 Å². The van der Waals surface area contributed by atoms with Gasteiger partial charge in [0.1, 0.15) is 24.7 Å². The zero-order valence-corrected chi connectivity index (χ0v) is 22.8. The first kappa shape index (κ1) is 27.8. The van der Waals surface area contributed by atoms with Gasteiger partial charge in [0.15, 0.2) is 16.6 Å². The number of hydrogen-bond donors (Lipinski definition) is 0. The number of methoxy groups -OCH3 is 1. The molecule has 202 valence electrons. The van der Waals surface area contributed by atoms with Gasteiger partial charge in [0.05, 0.1) is 19.4 Å². The van der Waals surface area contributed by atoms with Gasteiger partial charge in [-0.25, -0.2) is 4.39 Å². The van der Waals surface area contributed by atoms with Gasteiger partial charge in [0, 0.05) is 0 Å². The highest BCUT2D eigenvalue weighted by molar-refractivity contribution is 7.80. The Kier molecular flexibility index (Phi) is 8.93. The van der Waals surface area contributed by atoms with Gasteiger partial charge in [-0.1, -0.05) is 37.3 Å². The minimum absolute atomic E-state index is 0.185. The lowest BCUT2D eigenvalue weighted by molar-refractivity contribution is -0.140. The summed E-state index contributed by atoms with van der Waals surface area (Å²) in [6, 6.07) is 18.9. The highest BCUT2D eigenvalue weighted by Gasteiger charge is 2.40. The van der Waals surface area contributed by atoms with Crippen LogP contribution in [0.4, 0.5) is 10.1 Å². The third-order valence-corrected chi connectivity index (χ3v) is 6.53. The second-order valence-electron chi connectivity index (χ2n) is 8.69. The third-order valence-electron chi connectivity index (χ3n) is 6.13. The molecule has 0 atom stereocenters. The lowest BCUT2D eigenvalue weighted by atomic mass is 10.1. The zero-order valence-electron chi connectivity index (χ0n) is 22.0. The molecule has 0 unspecified atom stereocenters. The largest absolute Gasteiger partial charge is 0.490 e. The number of anilines is 1. The number of halogens is 1. The predicted octanol–water partition coefficient (Wildman–Crippen LogP) is 5.51. The van der Waals surface area contributed by atoms with Gasteiger partial charge in [0.25, 0.3) is 5.91 Å². The smallest absolute Gasteiger partial charge is 0.325 e. The van der Waals surface area contributed by atoms with Crippen LogP contribution in [-0.2, 0) is 27.4 Å². The van der Waals surface area contributed by atoms with Crippen LogP contribution in [0.1, 0.15) is 30.5 Å². The molecule has 0 spiro atoms. The summed E-state index contributed by atoms with van der Waals surface area (Å²) in [5.41, 5.74) is 3.42. The van der Waals surface area contributed by atoms with Crippen LogP contribution in [0.15, 0.2) is 72.4 Å². The Bertz CT molecular complexity index is 1390. The summed E-state index contributed by atoms with van der Waals surface area (Å²) in [5, 5.41) is 0.185. The van der Waals surface area contributed by atoms with Crippen molar-refractivity contribution in [3.05, 3.63) is 94.9 Å². The number of ether oxygens (including phenoxy) is 3. The second kappa shape index (κ2) is 12.5. The maximum Gasteiger partial charge on any atom is 0.325 e. The molecule has 1 amide bonds. The Morgan fingerprint density at radius 1 is 0.949 bits per heavy atom. The number of carbonyl (C=O) groups excluding carboxylic acids is 2. The molecule has 0 bridgehead atoms. The van der Waals surface area contributed by atoms with Crippen molar-refractivity contribution in [3.8, 4) is 11.5 Å². The topological polar surface area (TPSA) is 68.3 Å². The molecule has 3 aromatic carbocycles. The molecular weight excluding hydrogens is 519 g/mol. The van der Waals surface area contributed by atoms with Crippen LogP contribution >= 0.6 is 12.2 Å². The predicted molar refractivity (Wildman–Crippen MR) is 151 cm³/mol. The zero-order chi connectivity index (χ0) is 27.9. The molecule has 0 saturated carbocycles. The van der Waals surface area contributed by atoms with Crippen LogP contribution in [0.5, 0.6) is 11.5 Å². The van der Waals surface area contributed by atoms with Crippen LogP contribution in [0, 0.1) is 5.82 Å². The van der Waals surface area contributed by atoms with E-state index in [0.29, 0.717) is 29.4 Å². The Morgan fingerprint density at radius 2 is 1.64 bits per heavy atom. The molecule has 3 aromatic rings. The van der Waals surface area contributed by atoms with Gasteiger partial charge in [-0.3, -0.25) is 14.5 Å². The lowest BCUT2D eigenvalue weighted by Gasteiger charge is -2.19. The maximum atomic E-state index is 13.6. The number of amides is 1. The standard InChI is InChI=1S/C30H29FN2O5S/c1-4-20-8-13-24(14-9-20)33-29(35)25(32(30(33)39)18-28(34)36-3)16-22-10-15-26(27(17-22)37-5-2)38-19-21-6-11-23(31)12-7-21/h6-17H,4-5,18-19H2,1-3H3/b25-16-. The highest BCUT2D eigenvalue weighted by Crippen LogP contribution is 2.33. The van der Waals surface area contributed by atoms with Crippen LogP contribution < -0.4 is 14.4 Å². The fourth-order valence-electron chi connectivity index (χ4n) is 4.04. The molecule has 1 heterocycles. The Balaban J connectivity index is 1.65. The number of thiocarbonyl (C=S) groups is 1. The van der Waals surface area contributed by atoms with Crippen molar-refractivity contribution < 1.29 is 28.2 Å². The fraction of sp³-hybridized carbons (Fsp3) is 0.233. The summed E-state index contributed by atoms with van der Waals surface area (Å²) >= 11 is 5.63. The summed E-state index contributed by atoms with van der Waals surface area (Å²) in [6.45, 7) is 4.31. The minimum Gasteiger partial charge on any atom is -0.490 e. The van der Waals surface area contributed by atoms with Gasteiger partial charge in [0.2, 0.25) is 0 Å². The number of carbonyl (C=O) groups is 2. The van der Waals surface area contributed by atoms with Crippen molar-refractivity contribution in [1.29, 1.82) is 0 Å². The number of esters is 1. The molecule has 0 radical (unpaired) electrons. The Labute approximate surface area is 232 Å². The van der Waals surface area contributed by atoms with E-state index in [0.717, 1.165) is 17.5 Å². The van der Waals surface area contributed by atoms with Crippen LogP contribution in [0.25, 0.3) is 6.08 Å². The number of hydrogen-bond acceptors (Lipinski definition) is 6. The Hall–Kier alpha value is -4.24. The number of rotatable bonds is 10. The van der Waals surface area contributed by atoms with E-state index >= 15 is 0 Å². The third kappa shape index (κ3) is 6.43. The second-order valence-corrected chi connectivity index (χ2v) is 9.05. The monoisotopic (exact) mass is 548 g/mol. The average Bonchev–Trinajstić information content (AvgIpc) is 3.17. The molecule has 1 fully saturated rings. The number of benzene rings is 3. The van der Waals surface area contributed by atoms with Crippen molar-refractivity contribution in [2.75, 3.05) is 25.2 Å². The molecule has 0 N–H and O–H groups in total. The quantitative estimate of drug-likeness (QED) is 0.188. The van der Waals surface area contributed by atoms with Crippen LogP contribution in [0.3, 0.4) is 0 Å². The lowest BCUT2D eigenvalue weighted by Crippen LogP contribution is -2.35. The first-order chi connectivity index (χ1) is 18.8. The van der Waals surface area contributed by atoms with Gasteiger partial charge in [-0.2, -0.15) is 0 Å². The van der Waals surface area contributed by atoms with Crippen LogP contribution in [-0.4, -0.2) is 42.2 Å². The van der Waals surface area contributed by atoms with Crippen molar-refractivity contribution in [2.45, 2.75) is 26.9 Å². The van der Waals surface area contributed by atoms with Gasteiger partial charge < -0.3 is 19.1 Å².